The van der Waals surface area contributed by atoms with E-state index in [1.807, 2.05) is 0 Å². The standard InChI is InChI=1S/C20H33N5.HI/c1-4-21-20(22-13-17(3)18-7-5-6-16(2)12-18)23-14-19-15-24-8-10-25(19)11-9-24;/h5-7,12,17,19H,4,8-11,13-15H2,1-3H3,(H2,21,22,23);1H. The minimum atomic E-state index is 0. The van der Waals surface area contributed by atoms with E-state index < -0.39 is 0 Å². The van der Waals surface area contributed by atoms with Crippen LogP contribution in [0.3, 0.4) is 0 Å². The van der Waals surface area contributed by atoms with Crippen LogP contribution in [0, 0.1) is 6.92 Å². The van der Waals surface area contributed by atoms with Gasteiger partial charge in [0.15, 0.2) is 5.96 Å². The summed E-state index contributed by atoms with van der Waals surface area (Å²) in [6.07, 6.45) is 0. The number of aryl methyl sites for hydroxylation is 1. The van der Waals surface area contributed by atoms with Crippen LogP contribution in [0.5, 0.6) is 0 Å². The number of fused-ring (bicyclic) bond motifs is 3. The molecule has 2 unspecified atom stereocenters. The number of nitrogens with zero attached hydrogens (tertiary/aromatic N) is 3. The van der Waals surface area contributed by atoms with E-state index in [9.17, 15) is 0 Å². The van der Waals surface area contributed by atoms with E-state index in [0.29, 0.717) is 12.0 Å². The fourth-order valence-electron chi connectivity index (χ4n) is 3.78. The van der Waals surface area contributed by atoms with E-state index in [1.165, 1.54) is 43.9 Å². The molecule has 0 aliphatic carbocycles. The largest absolute Gasteiger partial charge is 0.357 e. The van der Waals surface area contributed by atoms with Gasteiger partial charge in [-0.15, -0.1) is 24.0 Å². The summed E-state index contributed by atoms with van der Waals surface area (Å²) >= 11 is 0. The average Bonchev–Trinajstić information content (AvgIpc) is 2.64. The molecule has 4 rings (SSSR count). The molecule has 3 heterocycles. The predicted molar refractivity (Wildman–Crippen MR) is 121 cm³/mol. The van der Waals surface area contributed by atoms with Crippen LogP contribution < -0.4 is 10.6 Å². The molecular weight excluding hydrogens is 437 g/mol. The molecule has 0 amide bonds. The van der Waals surface area contributed by atoms with Gasteiger partial charge in [-0.25, -0.2) is 0 Å². The lowest BCUT2D eigenvalue weighted by molar-refractivity contribution is 0.0154. The summed E-state index contributed by atoms with van der Waals surface area (Å²) in [5.41, 5.74) is 2.68. The van der Waals surface area contributed by atoms with Gasteiger partial charge >= 0.3 is 0 Å². The van der Waals surface area contributed by atoms with E-state index in [4.69, 9.17) is 4.99 Å². The van der Waals surface area contributed by atoms with Gasteiger partial charge in [-0.05, 0) is 19.4 Å². The van der Waals surface area contributed by atoms with Gasteiger partial charge in [0, 0.05) is 64.3 Å². The van der Waals surface area contributed by atoms with Crippen molar-refractivity contribution in [3.05, 3.63) is 35.4 Å². The molecular formula is C20H34IN5. The average molecular weight is 471 g/mol. The summed E-state index contributed by atoms with van der Waals surface area (Å²) in [6.45, 7) is 15.3. The van der Waals surface area contributed by atoms with Crippen molar-refractivity contribution in [3.63, 3.8) is 0 Å². The summed E-state index contributed by atoms with van der Waals surface area (Å²) in [5.74, 6) is 1.37. The van der Waals surface area contributed by atoms with Gasteiger partial charge in [-0.2, -0.15) is 0 Å². The van der Waals surface area contributed by atoms with Crippen LogP contribution in [0.4, 0.5) is 0 Å². The van der Waals surface area contributed by atoms with Crippen LogP contribution in [0.25, 0.3) is 0 Å². The smallest absolute Gasteiger partial charge is 0.191 e. The molecule has 0 aromatic heterocycles. The van der Waals surface area contributed by atoms with Gasteiger partial charge in [-0.1, -0.05) is 36.8 Å². The molecule has 1 aromatic rings. The molecule has 6 heteroatoms. The summed E-state index contributed by atoms with van der Waals surface area (Å²) in [7, 11) is 0. The predicted octanol–water partition coefficient (Wildman–Crippen LogP) is 2.27. The highest BCUT2D eigenvalue weighted by atomic mass is 127. The summed E-state index contributed by atoms with van der Waals surface area (Å²) in [6, 6.07) is 9.36. The van der Waals surface area contributed by atoms with Crippen LogP contribution in [-0.4, -0.2) is 74.2 Å². The van der Waals surface area contributed by atoms with Crippen LogP contribution in [0.2, 0.25) is 0 Å². The van der Waals surface area contributed by atoms with Gasteiger partial charge in [-0.3, -0.25) is 14.8 Å². The lowest BCUT2D eigenvalue weighted by atomic mass is 10.00. The molecule has 0 radical (unpaired) electrons. The molecule has 3 fully saturated rings. The van der Waals surface area contributed by atoms with Crippen LogP contribution >= 0.6 is 24.0 Å². The molecule has 2 bridgehead atoms. The number of piperazine rings is 3. The molecule has 0 saturated carbocycles. The minimum absolute atomic E-state index is 0. The van der Waals surface area contributed by atoms with Gasteiger partial charge in [0.1, 0.15) is 0 Å². The van der Waals surface area contributed by atoms with Gasteiger partial charge in [0.2, 0.25) is 0 Å². The lowest BCUT2D eigenvalue weighted by Crippen LogP contribution is -2.63. The number of benzene rings is 1. The Labute approximate surface area is 175 Å². The number of hydrogen-bond donors (Lipinski definition) is 2. The highest BCUT2D eigenvalue weighted by molar-refractivity contribution is 14.0. The Morgan fingerprint density at radius 2 is 2.00 bits per heavy atom. The first-order valence-corrected chi connectivity index (χ1v) is 9.71. The maximum atomic E-state index is 4.83. The van der Waals surface area contributed by atoms with E-state index in [1.54, 1.807) is 0 Å². The van der Waals surface area contributed by atoms with Crippen LogP contribution in [-0.2, 0) is 0 Å². The van der Waals surface area contributed by atoms with Crippen molar-refractivity contribution in [1.82, 2.24) is 20.4 Å². The number of nitrogens with one attached hydrogen (secondary N) is 2. The summed E-state index contributed by atoms with van der Waals surface area (Å²) in [5, 5.41) is 6.96. The van der Waals surface area contributed by atoms with Crippen molar-refractivity contribution < 1.29 is 0 Å². The molecule has 3 aliphatic rings. The fraction of sp³-hybridized carbons (Fsp3) is 0.650. The molecule has 1 aromatic carbocycles. The van der Waals surface area contributed by atoms with E-state index in [-0.39, 0.29) is 24.0 Å². The third-order valence-electron chi connectivity index (χ3n) is 5.38. The monoisotopic (exact) mass is 471 g/mol. The first-order chi connectivity index (χ1) is 12.2. The Bertz CT molecular complexity index is 583. The van der Waals surface area contributed by atoms with Crippen molar-refractivity contribution in [2.45, 2.75) is 32.7 Å². The van der Waals surface area contributed by atoms with Crippen LogP contribution in [0.15, 0.2) is 29.3 Å². The Morgan fingerprint density at radius 3 is 2.62 bits per heavy atom. The van der Waals surface area contributed by atoms with Crippen molar-refractivity contribution >= 4 is 29.9 Å². The quantitative estimate of drug-likeness (QED) is 0.380. The summed E-state index contributed by atoms with van der Waals surface area (Å²) in [4.78, 5) is 10.0. The Kier molecular flexibility index (Phi) is 8.63. The van der Waals surface area contributed by atoms with E-state index in [0.717, 1.165) is 25.6 Å². The first kappa shape index (κ1) is 21.4. The fourth-order valence-corrected chi connectivity index (χ4v) is 3.78. The van der Waals surface area contributed by atoms with Gasteiger partial charge in [0.25, 0.3) is 0 Å². The molecule has 26 heavy (non-hydrogen) atoms. The second-order valence-corrected chi connectivity index (χ2v) is 7.41. The normalized spacial score (nSPS) is 26.1. The van der Waals surface area contributed by atoms with Crippen molar-refractivity contribution in [3.8, 4) is 0 Å². The second kappa shape index (κ2) is 10.5. The molecule has 5 nitrogen and oxygen atoms in total. The highest BCUT2D eigenvalue weighted by Gasteiger charge is 2.31. The molecule has 3 aliphatic heterocycles. The topological polar surface area (TPSA) is 42.9 Å². The molecule has 2 atom stereocenters. The number of aliphatic imine (C=N–C) groups is 1. The molecule has 0 spiro atoms. The number of guanidine groups is 1. The zero-order valence-electron chi connectivity index (χ0n) is 16.4. The van der Waals surface area contributed by atoms with Crippen molar-refractivity contribution in [2.24, 2.45) is 4.99 Å². The van der Waals surface area contributed by atoms with Gasteiger partial charge < -0.3 is 10.6 Å². The van der Waals surface area contributed by atoms with Crippen molar-refractivity contribution in [1.29, 1.82) is 0 Å². The maximum absolute atomic E-state index is 4.83. The SMILES string of the molecule is CCNC(=NCC(C)c1cccc(C)c1)NCC1CN2CCN1CC2.I. The second-order valence-electron chi connectivity index (χ2n) is 7.41. The highest BCUT2D eigenvalue weighted by Crippen LogP contribution is 2.17. The summed E-state index contributed by atoms with van der Waals surface area (Å²) < 4.78 is 0. The van der Waals surface area contributed by atoms with E-state index >= 15 is 0 Å². The Morgan fingerprint density at radius 1 is 1.23 bits per heavy atom. The third-order valence-corrected chi connectivity index (χ3v) is 5.38. The van der Waals surface area contributed by atoms with Crippen molar-refractivity contribution in [2.75, 3.05) is 52.4 Å². The first-order valence-electron chi connectivity index (χ1n) is 9.71. The third kappa shape index (κ3) is 5.82. The minimum Gasteiger partial charge on any atom is -0.357 e. The Balaban J connectivity index is 0.00000243. The Hall–Kier alpha value is -0.860. The zero-order chi connectivity index (χ0) is 17.6. The molecule has 146 valence electrons. The molecule has 3 saturated heterocycles. The maximum Gasteiger partial charge on any atom is 0.191 e. The number of rotatable bonds is 6. The number of hydrogen-bond acceptors (Lipinski definition) is 3. The zero-order valence-corrected chi connectivity index (χ0v) is 18.7. The van der Waals surface area contributed by atoms with E-state index in [2.05, 4.69) is 65.5 Å². The lowest BCUT2D eigenvalue weighted by Gasteiger charge is -2.47. The van der Waals surface area contributed by atoms with Gasteiger partial charge in [0.05, 0.1) is 0 Å². The van der Waals surface area contributed by atoms with Crippen LogP contribution in [0.1, 0.15) is 30.9 Å². The molecule has 2 N–H and O–H groups in total. The number of halogens is 1.